The van der Waals surface area contributed by atoms with E-state index in [4.69, 9.17) is 0 Å². The lowest BCUT2D eigenvalue weighted by atomic mass is 10.5. The first-order chi connectivity index (χ1) is 4.74. The third-order valence-corrected chi connectivity index (χ3v) is 0.957. The summed E-state index contributed by atoms with van der Waals surface area (Å²) in [7, 11) is 1.45. The second-order valence-electron chi connectivity index (χ2n) is 1.76. The van der Waals surface area contributed by atoms with E-state index in [2.05, 4.69) is 14.5 Å². The Bertz CT molecular complexity index is 217. The Morgan fingerprint density at radius 2 is 2.40 bits per heavy atom. The predicted molar refractivity (Wildman–Crippen MR) is 34.3 cm³/mol. The van der Waals surface area contributed by atoms with E-state index < -0.39 is 5.97 Å². The van der Waals surface area contributed by atoms with Gasteiger partial charge in [-0.25, -0.2) is 9.79 Å². The van der Waals surface area contributed by atoms with Gasteiger partial charge in [0.2, 0.25) is 0 Å². The molecule has 0 N–H and O–H groups in total. The van der Waals surface area contributed by atoms with Gasteiger partial charge in [-0.3, -0.25) is 0 Å². The minimum atomic E-state index is -0.459. The molecule has 0 bridgehead atoms. The molecule has 0 saturated heterocycles. The van der Waals surface area contributed by atoms with Crippen molar-refractivity contribution in [3.63, 3.8) is 0 Å². The molecule has 4 heteroatoms. The van der Waals surface area contributed by atoms with Gasteiger partial charge in [0.15, 0.2) is 11.6 Å². The summed E-state index contributed by atoms with van der Waals surface area (Å²) in [5, 5.41) is 0. The first-order valence-electron chi connectivity index (χ1n) is 2.74. The molecule has 54 valence electrons. The van der Waals surface area contributed by atoms with E-state index in [9.17, 15) is 4.79 Å². The van der Waals surface area contributed by atoms with Crippen molar-refractivity contribution in [1.29, 1.82) is 0 Å². The maximum Gasteiger partial charge on any atom is 0.366 e. The van der Waals surface area contributed by atoms with Gasteiger partial charge in [0, 0.05) is 6.92 Å². The summed E-state index contributed by atoms with van der Waals surface area (Å²) in [6.07, 6.45) is 1.25. The van der Waals surface area contributed by atoms with E-state index in [1.165, 1.54) is 13.4 Å². The van der Waals surface area contributed by atoms with Gasteiger partial charge in [0.25, 0.3) is 0 Å². The zero-order valence-corrected chi connectivity index (χ0v) is 5.75. The molecule has 0 aromatic carbocycles. The van der Waals surface area contributed by atoms with Crippen LogP contribution in [-0.4, -0.2) is 19.0 Å². The molecule has 0 aromatic heterocycles. The molecule has 0 unspecified atom stereocenters. The van der Waals surface area contributed by atoms with E-state index in [-0.39, 0.29) is 5.70 Å². The summed E-state index contributed by atoms with van der Waals surface area (Å²) < 4.78 is 9.16. The van der Waals surface area contributed by atoms with E-state index >= 15 is 0 Å². The molecule has 0 spiro atoms. The van der Waals surface area contributed by atoms with Crippen LogP contribution in [0.15, 0.2) is 17.0 Å². The molecular weight excluding hydrogens is 134 g/mol. The van der Waals surface area contributed by atoms with Gasteiger partial charge >= 0.3 is 5.97 Å². The number of hydrogen-bond donors (Lipinski definition) is 0. The molecule has 1 heterocycles. The summed E-state index contributed by atoms with van der Waals surface area (Å²) in [5.41, 5.74) is 0.208. The summed E-state index contributed by atoms with van der Waals surface area (Å²) in [6.45, 7) is 1.61. The Kier molecular flexibility index (Phi) is 1.71. The van der Waals surface area contributed by atoms with Crippen LogP contribution in [0.3, 0.4) is 0 Å². The van der Waals surface area contributed by atoms with Gasteiger partial charge in [-0.15, -0.1) is 0 Å². The summed E-state index contributed by atoms with van der Waals surface area (Å²) in [5.74, 6) is -0.104. The van der Waals surface area contributed by atoms with E-state index in [0.717, 1.165) is 0 Å². The monoisotopic (exact) mass is 141 g/mol. The van der Waals surface area contributed by atoms with Gasteiger partial charge in [-0.1, -0.05) is 0 Å². The number of nitrogens with zero attached hydrogens (tertiary/aromatic N) is 1. The fraction of sp³-hybridized carbons (Fsp3) is 0.333. The van der Waals surface area contributed by atoms with Crippen molar-refractivity contribution in [1.82, 2.24) is 0 Å². The quantitative estimate of drug-likeness (QED) is 0.302. The average Bonchev–Trinajstić information content (AvgIpc) is 2.13. The molecule has 0 radical (unpaired) electrons. The molecule has 0 amide bonds. The number of carbonyl (C=O) groups excluding carboxylic acids is 1. The van der Waals surface area contributed by atoms with Crippen LogP contribution in [0.25, 0.3) is 0 Å². The van der Waals surface area contributed by atoms with Crippen molar-refractivity contribution >= 4 is 11.9 Å². The minimum absolute atomic E-state index is 0.208. The van der Waals surface area contributed by atoms with Gasteiger partial charge in [-0.2, -0.15) is 0 Å². The predicted octanol–water partition coefficient (Wildman–Crippen LogP) is 0.449. The zero-order valence-electron chi connectivity index (χ0n) is 5.75. The molecule has 0 aliphatic carbocycles. The topological polar surface area (TPSA) is 47.9 Å². The van der Waals surface area contributed by atoms with Gasteiger partial charge < -0.3 is 9.47 Å². The molecule has 1 aliphatic heterocycles. The van der Waals surface area contributed by atoms with Crippen molar-refractivity contribution in [3.05, 3.63) is 12.0 Å². The zero-order chi connectivity index (χ0) is 7.56. The summed E-state index contributed by atoms with van der Waals surface area (Å²) >= 11 is 0. The van der Waals surface area contributed by atoms with Crippen molar-refractivity contribution < 1.29 is 14.3 Å². The standard InChI is InChI=1S/C6H7NO3/c1-4-7-5(3-9-2)6(8)10-4/h3H,1-2H3/b5-3-. The lowest BCUT2D eigenvalue weighted by Gasteiger charge is -1.88. The molecule has 0 fully saturated rings. The number of rotatable bonds is 1. The SMILES string of the molecule is CO/C=C1\N=C(C)OC1=O. The second kappa shape index (κ2) is 2.51. The normalized spacial score (nSPS) is 20.8. The first kappa shape index (κ1) is 6.80. The highest BCUT2D eigenvalue weighted by atomic mass is 16.6. The van der Waals surface area contributed by atoms with Crippen LogP contribution >= 0.6 is 0 Å². The summed E-state index contributed by atoms with van der Waals surface area (Å²) in [6, 6.07) is 0. The molecular formula is C6H7NO3. The smallest absolute Gasteiger partial charge is 0.366 e. The highest BCUT2D eigenvalue weighted by molar-refractivity contribution is 6.03. The summed E-state index contributed by atoms with van der Waals surface area (Å²) in [4.78, 5) is 14.4. The van der Waals surface area contributed by atoms with Crippen molar-refractivity contribution in [3.8, 4) is 0 Å². The molecule has 0 saturated carbocycles. The van der Waals surface area contributed by atoms with Crippen molar-refractivity contribution in [2.75, 3.05) is 7.11 Å². The molecule has 1 aliphatic rings. The van der Waals surface area contributed by atoms with E-state index in [1.54, 1.807) is 6.92 Å². The largest absolute Gasteiger partial charge is 0.502 e. The maximum absolute atomic E-state index is 10.7. The van der Waals surface area contributed by atoms with Crippen molar-refractivity contribution in [2.24, 2.45) is 4.99 Å². The van der Waals surface area contributed by atoms with Crippen LogP contribution in [0.2, 0.25) is 0 Å². The fourth-order valence-corrected chi connectivity index (χ4v) is 0.611. The van der Waals surface area contributed by atoms with E-state index in [1.807, 2.05) is 0 Å². The van der Waals surface area contributed by atoms with Crippen LogP contribution < -0.4 is 0 Å². The molecule has 0 aromatic rings. The first-order valence-corrected chi connectivity index (χ1v) is 2.74. The number of ether oxygens (including phenoxy) is 2. The number of hydrogen-bond acceptors (Lipinski definition) is 4. The third kappa shape index (κ3) is 1.15. The Morgan fingerprint density at radius 3 is 2.80 bits per heavy atom. The number of esters is 1. The molecule has 1 rings (SSSR count). The number of methoxy groups -OCH3 is 1. The van der Waals surface area contributed by atoms with Crippen LogP contribution in [-0.2, 0) is 14.3 Å². The van der Waals surface area contributed by atoms with E-state index in [0.29, 0.717) is 5.90 Å². The highest BCUT2D eigenvalue weighted by Gasteiger charge is 2.19. The Morgan fingerprint density at radius 1 is 1.70 bits per heavy atom. The second-order valence-corrected chi connectivity index (χ2v) is 1.76. The van der Waals surface area contributed by atoms with Gasteiger partial charge in [0.05, 0.1) is 7.11 Å². The van der Waals surface area contributed by atoms with Gasteiger partial charge in [-0.05, 0) is 0 Å². The molecule has 10 heavy (non-hydrogen) atoms. The average molecular weight is 141 g/mol. The van der Waals surface area contributed by atoms with Crippen molar-refractivity contribution in [2.45, 2.75) is 6.92 Å². The maximum atomic E-state index is 10.7. The van der Waals surface area contributed by atoms with Crippen LogP contribution in [0.1, 0.15) is 6.92 Å². The molecule has 4 nitrogen and oxygen atoms in total. The third-order valence-electron chi connectivity index (χ3n) is 0.957. The van der Waals surface area contributed by atoms with Gasteiger partial charge in [0.1, 0.15) is 6.26 Å². The van der Waals surface area contributed by atoms with Crippen LogP contribution in [0.5, 0.6) is 0 Å². The Balaban J connectivity index is 2.79. The Hall–Kier alpha value is -1.32. The molecule has 0 atom stereocenters. The number of carbonyl (C=O) groups is 1. The number of cyclic esters (lactones) is 1. The lowest BCUT2D eigenvalue weighted by molar-refractivity contribution is -0.130. The minimum Gasteiger partial charge on any atom is -0.502 e. The number of aliphatic imine (C=N–C) groups is 1. The Labute approximate surface area is 58.2 Å². The van der Waals surface area contributed by atoms with Crippen LogP contribution in [0.4, 0.5) is 0 Å². The fourth-order valence-electron chi connectivity index (χ4n) is 0.611. The van der Waals surface area contributed by atoms with Crippen LogP contribution in [0, 0.1) is 0 Å². The lowest BCUT2D eigenvalue weighted by Crippen LogP contribution is -1.99. The highest BCUT2D eigenvalue weighted by Crippen LogP contribution is 2.09.